The number of aromatic nitrogens is 1. The second-order valence-corrected chi connectivity index (χ2v) is 6.80. The van der Waals surface area contributed by atoms with Gasteiger partial charge in [0.05, 0.1) is 7.11 Å². The van der Waals surface area contributed by atoms with Gasteiger partial charge in [0.2, 0.25) is 0 Å². The number of hydrogen-bond acceptors (Lipinski definition) is 3. The van der Waals surface area contributed by atoms with Crippen LogP contribution in [0.3, 0.4) is 0 Å². The summed E-state index contributed by atoms with van der Waals surface area (Å²) < 4.78 is 10.5. The van der Waals surface area contributed by atoms with Crippen LogP contribution >= 0.6 is 11.6 Å². The van der Waals surface area contributed by atoms with Crippen LogP contribution < -0.4 is 10.1 Å². The van der Waals surface area contributed by atoms with Crippen molar-refractivity contribution in [1.82, 2.24) is 10.3 Å². The summed E-state index contributed by atoms with van der Waals surface area (Å²) in [7, 11) is 1.64. The lowest BCUT2D eigenvalue weighted by molar-refractivity contribution is 0.0925. The Morgan fingerprint density at radius 3 is 2.64 bits per heavy atom. The molecular formula is C22H19ClN2O3. The van der Waals surface area contributed by atoms with E-state index in [0.29, 0.717) is 6.54 Å². The summed E-state index contributed by atoms with van der Waals surface area (Å²) in [6, 6.07) is 19.1. The van der Waals surface area contributed by atoms with E-state index < -0.39 is 0 Å². The Kier molecular flexibility index (Phi) is 5.08. The first-order valence-corrected chi connectivity index (χ1v) is 9.27. The van der Waals surface area contributed by atoms with E-state index in [1.54, 1.807) is 19.2 Å². The number of carbonyl (C=O) groups excluding carboxylic acids is 1. The van der Waals surface area contributed by atoms with Gasteiger partial charge in [0.25, 0.3) is 5.91 Å². The molecule has 0 spiro atoms. The fraction of sp³-hybridized carbons (Fsp3) is 0.136. The first-order valence-electron chi connectivity index (χ1n) is 8.89. The molecule has 2 N–H and O–H groups in total. The number of amides is 1. The maximum absolute atomic E-state index is 12.4. The summed E-state index contributed by atoms with van der Waals surface area (Å²) in [5, 5.41) is 4.27. The fourth-order valence-corrected chi connectivity index (χ4v) is 3.49. The molecule has 4 rings (SSSR count). The number of halogens is 1. The minimum absolute atomic E-state index is 0.0450. The number of methoxy groups -OCH3 is 1. The van der Waals surface area contributed by atoms with Crippen molar-refractivity contribution in [2.24, 2.45) is 0 Å². The molecule has 2 aromatic carbocycles. The van der Waals surface area contributed by atoms with Gasteiger partial charge in [0.15, 0.2) is 11.0 Å². The molecule has 5 nitrogen and oxygen atoms in total. The highest BCUT2D eigenvalue weighted by Crippen LogP contribution is 2.31. The van der Waals surface area contributed by atoms with Crippen molar-refractivity contribution in [2.75, 3.05) is 13.7 Å². The molecule has 142 valence electrons. The number of H-pyrrole nitrogens is 1. The third-order valence-electron chi connectivity index (χ3n) is 4.78. The number of furan rings is 1. The summed E-state index contributed by atoms with van der Waals surface area (Å²) in [4.78, 5) is 15.7. The molecule has 6 heteroatoms. The molecular weight excluding hydrogens is 376 g/mol. The molecule has 2 aromatic heterocycles. The van der Waals surface area contributed by atoms with E-state index in [-0.39, 0.29) is 22.8 Å². The van der Waals surface area contributed by atoms with E-state index in [1.807, 2.05) is 48.7 Å². The normalized spacial score (nSPS) is 12.1. The van der Waals surface area contributed by atoms with Gasteiger partial charge >= 0.3 is 0 Å². The third kappa shape index (κ3) is 3.62. The summed E-state index contributed by atoms with van der Waals surface area (Å²) in [5.74, 6) is 0.634. The highest BCUT2D eigenvalue weighted by atomic mass is 35.5. The van der Waals surface area contributed by atoms with Gasteiger partial charge in [0.1, 0.15) is 5.75 Å². The van der Waals surface area contributed by atoms with Gasteiger partial charge in [-0.25, -0.2) is 0 Å². The number of carbonyl (C=O) groups is 1. The number of ether oxygens (including phenoxy) is 1. The van der Waals surface area contributed by atoms with Gasteiger partial charge < -0.3 is 19.5 Å². The molecule has 4 aromatic rings. The number of hydrogen-bond donors (Lipinski definition) is 2. The van der Waals surface area contributed by atoms with E-state index in [9.17, 15) is 4.79 Å². The maximum atomic E-state index is 12.4. The predicted molar refractivity (Wildman–Crippen MR) is 109 cm³/mol. The second-order valence-electron chi connectivity index (χ2n) is 6.43. The summed E-state index contributed by atoms with van der Waals surface area (Å²) in [5.41, 5.74) is 3.24. The molecule has 0 saturated carbocycles. The van der Waals surface area contributed by atoms with Crippen molar-refractivity contribution >= 4 is 28.4 Å². The number of para-hydroxylation sites is 1. The SMILES string of the molecule is COc1ccc(C(CNC(=O)c2ccc(Cl)o2)c2c[nH]c3ccccc23)cc1. The zero-order chi connectivity index (χ0) is 19.5. The van der Waals surface area contributed by atoms with Crippen molar-refractivity contribution in [3.8, 4) is 5.75 Å². The van der Waals surface area contributed by atoms with Crippen LogP contribution in [0.2, 0.25) is 5.22 Å². The van der Waals surface area contributed by atoms with Crippen LogP contribution in [0.1, 0.15) is 27.6 Å². The smallest absolute Gasteiger partial charge is 0.287 e. The molecule has 0 saturated heterocycles. The molecule has 0 aliphatic carbocycles. The van der Waals surface area contributed by atoms with Crippen LogP contribution in [0.4, 0.5) is 0 Å². The van der Waals surface area contributed by atoms with Gasteiger partial charge in [-0.3, -0.25) is 4.79 Å². The molecule has 28 heavy (non-hydrogen) atoms. The predicted octanol–water partition coefficient (Wildman–Crippen LogP) is 4.98. The number of aromatic amines is 1. The van der Waals surface area contributed by atoms with E-state index in [1.165, 1.54) is 0 Å². The fourth-order valence-electron chi connectivity index (χ4n) is 3.34. The van der Waals surface area contributed by atoms with E-state index >= 15 is 0 Å². The maximum Gasteiger partial charge on any atom is 0.287 e. The Morgan fingerprint density at radius 1 is 1.14 bits per heavy atom. The van der Waals surface area contributed by atoms with Crippen LogP contribution in [0, 0.1) is 0 Å². The van der Waals surface area contributed by atoms with Crippen molar-refractivity contribution in [3.05, 3.63) is 89.0 Å². The zero-order valence-electron chi connectivity index (χ0n) is 15.2. The van der Waals surface area contributed by atoms with Crippen LogP contribution in [0.5, 0.6) is 5.75 Å². The van der Waals surface area contributed by atoms with Gasteiger partial charge in [0, 0.05) is 29.6 Å². The van der Waals surface area contributed by atoms with Crippen molar-refractivity contribution in [2.45, 2.75) is 5.92 Å². The average molecular weight is 395 g/mol. The molecule has 2 heterocycles. The zero-order valence-corrected chi connectivity index (χ0v) is 16.0. The Bertz CT molecular complexity index is 1100. The van der Waals surface area contributed by atoms with Crippen LogP contribution in [-0.2, 0) is 0 Å². The molecule has 0 radical (unpaired) electrons. The number of benzene rings is 2. The lowest BCUT2D eigenvalue weighted by atomic mass is 9.90. The lowest BCUT2D eigenvalue weighted by Crippen LogP contribution is -2.28. The van der Waals surface area contributed by atoms with E-state index in [4.69, 9.17) is 20.8 Å². The first kappa shape index (κ1) is 18.2. The van der Waals surface area contributed by atoms with E-state index in [2.05, 4.69) is 16.4 Å². The minimum atomic E-state index is -0.301. The van der Waals surface area contributed by atoms with Gasteiger partial charge in [-0.05, 0) is 53.1 Å². The molecule has 0 aliphatic rings. The standard InChI is InChI=1S/C22H19ClN2O3/c1-27-15-8-6-14(7-9-15)17(12-25-22(26)20-10-11-21(23)28-20)18-13-24-19-5-3-2-4-16(18)19/h2-11,13,17,24H,12H2,1H3,(H,25,26). The Morgan fingerprint density at radius 2 is 1.93 bits per heavy atom. The quantitative estimate of drug-likeness (QED) is 0.484. The van der Waals surface area contributed by atoms with Crippen LogP contribution in [0.25, 0.3) is 10.9 Å². The van der Waals surface area contributed by atoms with Crippen molar-refractivity contribution in [1.29, 1.82) is 0 Å². The summed E-state index contributed by atoms with van der Waals surface area (Å²) >= 11 is 5.78. The Hall–Kier alpha value is -3.18. The highest BCUT2D eigenvalue weighted by Gasteiger charge is 2.20. The molecule has 1 unspecified atom stereocenters. The number of rotatable bonds is 6. The minimum Gasteiger partial charge on any atom is -0.497 e. The van der Waals surface area contributed by atoms with Gasteiger partial charge in [-0.1, -0.05) is 30.3 Å². The van der Waals surface area contributed by atoms with Crippen molar-refractivity contribution < 1.29 is 13.9 Å². The van der Waals surface area contributed by atoms with Gasteiger partial charge in [-0.15, -0.1) is 0 Å². The average Bonchev–Trinajstić information content (AvgIpc) is 3.35. The summed E-state index contributed by atoms with van der Waals surface area (Å²) in [6.45, 7) is 0.408. The molecule has 0 bridgehead atoms. The third-order valence-corrected chi connectivity index (χ3v) is 4.98. The Labute approximate surface area is 167 Å². The van der Waals surface area contributed by atoms with Crippen LogP contribution in [-0.4, -0.2) is 24.5 Å². The monoisotopic (exact) mass is 394 g/mol. The summed E-state index contributed by atoms with van der Waals surface area (Å²) in [6.07, 6.45) is 2.00. The second kappa shape index (κ2) is 7.82. The van der Waals surface area contributed by atoms with Crippen LogP contribution in [0.15, 0.2) is 71.3 Å². The van der Waals surface area contributed by atoms with Crippen molar-refractivity contribution in [3.63, 3.8) is 0 Å². The number of fused-ring (bicyclic) bond motifs is 1. The molecule has 1 amide bonds. The van der Waals surface area contributed by atoms with Gasteiger partial charge in [-0.2, -0.15) is 0 Å². The lowest BCUT2D eigenvalue weighted by Gasteiger charge is -2.18. The molecule has 0 aliphatic heterocycles. The largest absolute Gasteiger partial charge is 0.497 e. The molecule has 1 atom stereocenters. The first-order chi connectivity index (χ1) is 13.7. The Balaban J connectivity index is 1.65. The van der Waals surface area contributed by atoms with E-state index in [0.717, 1.165) is 27.8 Å². The molecule has 0 fully saturated rings. The number of nitrogens with one attached hydrogen (secondary N) is 2. The highest BCUT2D eigenvalue weighted by molar-refractivity contribution is 6.29. The topological polar surface area (TPSA) is 67.3 Å².